The Morgan fingerprint density at radius 2 is 1.95 bits per heavy atom. The van der Waals surface area contributed by atoms with E-state index in [1.807, 2.05) is 18.2 Å². The average Bonchev–Trinajstić information content (AvgIpc) is 2.52. The topological polar surface area (TPSA) is 38.3 Å². The standard InChI is InChI=1S/C18H27NO2/c1-14(2)16-10-6-7-11-17(16)21-13-12-19-18(20)15-8-4-3-5-9-15/h6-7,10-11,14-15H,3-5,8-9,12-13H2,1-2H3,(H,19,20). The SMILES string of the molecule is CC(C)c1ccccc1OCCNC(=O)C1CCCCC1. The molecule has 1 aromatic rings. The molecular weight excluding hydrogens is 262 g/mol. The number of hydrogen-bond acceptors (Lipinski definition) is 2. The fourth-order valence-corrected chi connectivity index (χ4v) is 2.93. The molecule has 1 aliphatic rings. The van der Waals surface area contributed by atoms with E-state index in [2.05, 4.69) is 25.2 Å². The fourth-order valence-electron chi connectivity index (χ4n) is 2.93. The lowest BCUT2D eigenvalue weighted by molar-refractivity contribution is -0.126. The summed E-state index contributed by atoms with van der Waals surface area (Å²) in [5.41, 5.74) is 1.22. The second kappa shape index (κ2) is 8.06. The van der Waals surface area contributed by atoms with Gasteiger partial charge >= 0.3 is 0 Å². The van der Waals surface area contributed by atoms with Gasteiger partial charge in [0, 0.05) is 5.92 Å². The summed E-state index contributed by atoms with van der Waals surface area (Å²) in [5, 5.41) is 3.01. The number of carbonyl (C=O) groups excluding carboxylic acids is 1. The van der Waals surface area contributed by atoms with Crippen LogP contribution in [0.25, 0.3) is 0 Å². The molecule has 2 rings (SSSR count). The predicted molar refractivity (Wildman–Crippen MR) is 85.6 cm³/mol. The van der Waals surface area contributed by atoms with Crippen molar-refractivity contribution in [1.29, 1.82) is 0 Å². The highest BCUT2D eigenvalue weighted by molar-refractivity contribution is 5.78. The van der Waals surface area contributed by atoms with E-state index in [1.54, 1.807) is 0 Å². The third-order valence-electron chi connectivity index (χ3n) is 4.18. The molecule has 1 saturated carbocycles. The van der Waals surface area contributed by atoms with Gasteiger partial charge in [-0.25, -0.2) is 0 Å². The third kappa shape index (κ3) is 4.76. The molecule has 21 heavy (non-hydrogen) atoms. The summed E-state index contributed by atoms with van der Waals surface area (Å²) in [7, 11) is 0. The molecule has 1 fully saturated rings. The van der Waals surface area contributed by atoms with E-state index in [4.69, 9.17) is 4.74 Å². The number of amides is 1. The molecule has 1 N–H and O–H groups in total. The number of ether oxygens (including phenoxy) is 1. The minimum atomic E-state index is 0.204. The van der Waals surface area contributed by atoms with Gasteiger partial charge in [0.1, 0.15) is 12.4 Å². The van der Waals surface area contributed by atoms with Gasteiger partial charge in [-0.3, -0.25) is 4.79 Å². The zero-order valence-electron chi connectivity index (χ0n) is 13.2. The lowest BCUT2D eigenvalue weighted by atomic mass is 9.89. The Labute approximate surface area is 128 Å². The van der Waals surface area contributed by atoms with Crippen molar-refractivity contribution in [3.05, 3.63) is 29.8 Å². The Hall–Kier alpha value is -1.51. The first-order valence-corrected chi connectivity index (χ1v) is 8.18. The van der Waals surface area contributed by atoms with Crippen LogP contribution in [-0.4, -0.2) is 19.1 Å². The minimum Gasteiger partial charge on any atom is -0.491 e. The van der Waals surface area contributed by atoms with E-state index in [-0.39, 0.29) is 11.8 Å². The van der Waals surface area contributed by atoms with Gasteiger partial charge < -0.3 is 10.1 Å². The Morgan fingerprint density at radius 3 is 2.67 bits per heavy atom. The molecule has 0 saturated heterocycles. The highest BCUT2D eigenvalue weighted by atomic mass is 16.5. The molecule has 3 nitrogen and oxygen atoms in total. The summed E-state index contributed by atoms with van der Waals surface area (Å²) in [6.45, 7) is 5.43. The number of carbonyl (C=O) groups is 1. The first kappa shape index (κ1) is 15.9. The number of rotatable bonds is 6. The highest BCUT2D eigenvalue weighted by Crippen LogP contribution is 2.26. The smallest absolute Gasteiger partial charge is 0.223 e. The van der Waals surface area contributed by atoms with Crippen LogP contribution in [0, 0.1) is 5.92 Å². The fraction of sp³-hybridized carbons (Fsp3) is 0.611. The third-order valence-corrected chi connectivity index (χ3v) is 4.18. The van der Waals surface area contributed by atoms with Crippen molar-refractivity contribution in [3.8, 4) is 5.75 Å². The summed E-state index contributed by atoms with van der Waals surface area (Å²) in [4.78, 5) is 12.0. The van der Waals surface area contributed by atoms with Crippen LogP contribution in [0.1, 0.15) is 57.4 Å². The summed E-state index contributed by atoms with van der Waals surface area (Å²) in [6, 6.07) is 8.12. The van der Waals surface area contributed by atoms with Crippen molar-refractivity contribution >= 4 is 5.91 Å². The molecule has 0 heterocycles. The van der Waals surface area contributed by atoms with Gasteiger partial charge in [0.15, 0.2) is 0 Å². The van der Waals surface area contributed by atoms with E-state index < -0.39 is 0 Å². The molecule has 0 aromatic heterocycles. The van der Waals surface area contributed by atoms with E-state index >= 15 is 0 Å². The Morgan fingerprint density at radius 1 is 1.24 bits per heavy atom. The molecule has 1 aromatic carbocycles. The monoisotopic (exact) mass is 289 g/mol. The summed E-state index contributed by atoms with van der Waals surface area (Å²) < 4.78 is 5.82. The largest absolute Gasteiger partial charge is 0.491 e. The van der Waals surface area contributed by atoms with Crippen molar-refractivity contribution in [1.82, 2.24) is 5.32 Å². The van der Waals surface area contributed by atoms with Crippen LogP contribution >= 0.6 is 0 Å². The molecule has 1 amide bonds. The number of benzene rings is 1. The van der Waals surface area contributed by atoms with E-state index in [1.165, 1.54) is 24.8 Å². The second-order valence-electron chi connectivity index (χ2n) is 6.17. The maximum absolute atomic E-state index is 12.0. The molecule has 3 heteroatoms. The van der Waals surface area contributed by atoms with Gasteiger partial charge in [-0.15, -0.1) is 0 Å². The maximum Gasteiger partial charge on any atom is 0.223 e. The van der Waals surface area contributed by atoms with Gasteiger partial charge in [-0.05, 0) is 30.4 Å². The highest BCUT2D eigenvalue weighted by Gasteiger charge is 2.20. The lowest BCUT2D eigenvalue weighted by Gasteiger charge is -2.21. The molecule has 0 radical (unpaired) electrons. The Kier molecular flexibility index (Phi) is 6.09. The van der Waals surface area contributed by atoms with Crippen LogP contribution in [0.4, 0.5) is 0 Å². The zero-order valence-corrected chi connectivity index (χ0v) is 13.2. The molecular formula is C18H27NO2. The molecule has 0 unspecified atom stereocenters. The van der Waals surface area contributed by atoms with E-state index in [0.717, 1.165) is 18.6 Å². The molecule has 0 spiro atoms. The van der Waals surface area contributed by atoms with Crippen LogP contribution in [0.2, 0.25) is 0 Å². The van der Waals surface area contributed by atoms with Crippen LogP contribution in [0.3, 0.4) is 0 Å². The van der Waals surface area contributed by atoms with Gasteiger partial charge in [0.25, 0.3) is 0 Å². The Balaban J connectivity index is 1.73. The predicted octanol–water partition coefficient (Wildman–Crippen LogP) is 3.89. The van der Waals surface area contributed by atoms with Crippen molar-refractivity contribution in [2.45, 2.75) is 51.9 Å². The van der Waals surface area contributed by atoms with Crippen molar-refractivity contribution in [3.63, 3.8) is 0 Å². The van der Waals surface area contributed by atoms with Gasteiger partial charge in [0.2, 0.25) is 5.91 Å². The van der Waals surface area contributed by atoms with Crippen LogP contribution < -0.4 is 10.1 Å². The normalized spacial score (nSPS) is 16.0. The molecule has 116 valence electrons. The summed E-state index contributed by atoms with van der Waals surface area (Å²) in [6.07, 6.45) is 5.75. The molecule has 0 aliphatic heterocycles. The lowest BCUT2D eigenvalue weighted by Crippen LogP contribution is -2.34. The molecule has 1 aliphatic carbocycles. The summed E-state index contributed by atoms with van der Waals surface area (Å²) >= 11 is 0. The second-order valence-corrected chi connectivity index (χ2v) is 6.17. The van der Waals surface area contributed by atoms with Gasteiger partial charge in [-0.2, -0.15) is 0 Å². The number of hydrogen-bond donors (Lipinski definition) is 1. The van der Waals surface area contributed by atoms with Gasteiger partial charge in [-0.1, -0.05) is 51.3 Å². The van der Waals surface area contributed by atoms with Crippen LogP contribution in [-0.2, 0) is 4.79 Å². The van der Waals surface area contributed by atoms with E-state index in [9.17, 15) is 4.79 Å². The Bertz CT molecular complexity index is 450. The zero-order chi connectivity index (χ0) is 15.1. The summed E-state index contributed by atoms with van der Waals surface area (Å²) in [5.74, 6) is 1.80. The van der Waals surface area contributed by atoms with Crippen LogP contribution in [0.5, 0.6) is 5.75 Å². The number of para-hydroxylation sites is 1. The van der Waals surface area contributed by atoms with Crippen molar-refractivity contribution in [2.24, 2.45) is 5.92 Å². The first-order chi connectivity index (χ1) is 10.2. The van der Waals surface area contributed by atoms with Crippen molar-refractivity contribution < 1.29 is 9.53 Å². The first-order valence-electron chi connectivity index (χ1n) is 8.18. The van der Waals surface area contributed by atoms with Crippen molar-refractivity contribution in [2.75, 3.05) is 13.2 Å². The number of nitrogens with one attached hydrogen (secondary N) is 1. The molecule has 0 atom stereocenters. The quantitative estimate of drug-likeness (QED) is 0.807. The average molecular weight is 289 g/mol. The minimum absolute atomic E-state index is 0.204. The van der Waals surface area contributed by atoms with E-state index in [0.29, 0.717) is 19.1 Å². The van der Waals surface area contributed by atoms with Gasteiger partial charge in [0.05, 0.1) is 6.54 Å². The maximum atomic E-state index is 12.0. The van der Waals surface area contributed by atoms with Crippen LogP contribution in [0.15, 0.2) is 24.3 Å². The molecule has 0 bridgehead atoms.